The molecule has 5 rings (SSSR count). The molecule has 0 aliphatic carbocycles. The molecule has 238 valence electrons. The van der Waals surface area contributed by atoms with E-state index in [0.717, 1.165) is 36.4 Å². The molecule has 0 spiro atoms. The second-order valence-corrected chi connectivity index (χ2v) is 12.5. The molecule has 3 aliphatic rings. The van der Waals surface area contributed by atoms with Crippen LogP contribution in [0.2, 0.25) is 0 Å². The molecular weight excluding hydrogens is 580 g/mol. The number of esters is 1. The summed E-state index contributed by atoms with van der Waals surface area (Å²) in [7, 11) is 0. The summed E-state index contributed by atoms with van der Waals surface area (Å²) in [5.41, 5.74) is 1.49. The lowest BCUT2D eigenvalue weighted by molar-refractivity contribution is -0.161. The Balaban J connectivity index is 1.08. The van der Waals surface area contributed by atoms with E-state index in [4.69, 9.17) is 4.74 Å². The average Bonchev–Trinajstić information content (AvgIpc) is 3.25. The van der Waals surface area contributed by atoms with Crippen molar-refractivity contribution in [2.24, 2.45) is 5.92 Å². The van der Waals surface area contributed by atoms with Crippen molar-refractivity contribution in [3.63, 3.8) is 0 Å². The molecule has 1 unspecified atom stereocenters. The number of imide groups is 2. The van der Waals surface area contributed by atoms with Gasteiger partial charge in [-0.05, 0) is 76.9 Å². The summed E-state index contributed by atoms with van der Waals surface area (Å²) in [6.45, 7) is 8.32. The molecule has 13 heteroatoms. The van der Waals surface area contributed by atoms with Gasteiger partial charge in [-0.2, -0.15) is 0 Å². The third-order valence-electron chi connectivity index (χ3n) is 7.99. The molecular formula is C32H38N6O7. The second kappa shape index (κ2) is 13.1. The monoisotopic (exact) mass is 618 g/mol. The maximum atomic E-state index is 13.2. The van der Waals surface area contributed by atoms with Crippen LogP contribution >= 0.6 is 0 Å². The Morgan fingerprint density at radius 3 is 2.42 bits per heavy atom. The normalized spacial score (nSPS) is 19.3. The molecule has 5 amide bonds. The highest BCUT2D eigenvalue weighted by molar-refractivity contribution is 6.25. The average molecular weight is 619 g/mol. The standard InChI is InChI=1S/C32H38N6O7/c1-32(2,3)45-31(44)20-11-15-37(16-12-20)18-19-7-8-23(35-17-19)27(40)34-14-13-33-22-6-4-5-21-26(22)30(43)38(29(21)42)24-9-10-25(39)36-28(24)41/h4-8,17,20,24,33H,9-16,18H2,1-3H3,(H,34,40)(H,36,39,41). The van der Waals surface area contributed by atoms with Gasteiger partial charge < -0.3 is 15.4 Å². The van der Waals surface area contributed by atoms with Crippen molar-refractivity contribution >= 4 is 41.2 Å². The van der Waals surface area contributed by atoms with Gasteiger partial charge in [0.25, 0.3) is 17.7 Å². The number of likely N-dealkylation sites (tertiary alicyclic amines) is 1. The Hall–Kier alpha value is -4.65. The third kappa shape index (κ3) is 7.36. The zero-order chi connectivity index (χ0) is 32.3. The number of amides is 5. The number of nitrogens with one attached hydrogen (secondary N) is 3. The molecule has 2 fully saturated rings. The van der Waals surface area contributed by atoms with Crippen LogP contribution in [0, 0.1) is 5.92 Å². The van der Waals surface area contributed by atoms with Gasteiger partial charge in [-0.25, -0.2) is 0 Å². The Labute approximate surface area is 261 Å². The molecule has 2 aromatic rings. The van der Waals surface area contributed by atoms with Crippen LogP contribution in [0.25, 0.3) is 0 Å². The highest BCUT2D eigenvalue weighted by Crippen LogP contribution is 2.32. The van der Waals surface area contributed by atoms with Crippen molar-refractivity contribution < 1.29 is 33.5 Å². The fourth-order valence-corrected chi connectivity index (χ4v) is 5.75. The van der Waals surface area contributed by atoms with Gasteiger partial charge in [-0.15, -0.1) is 0 Å². The summed E-state index contributed by atoms with van der Waals surface area (Å²) in [6, 6.07) is 7.30. The molecule has 2 saturated heterocycles. The van der Waals surface area contributed by atoms with Crippen molar-refractivity contribution in [2.45, 2.75) is 64.6 Å². The summed E-state index contributed by atoms with van der Waals surface area (Å²) in [6.07, 6.45) is 3.28. The fourth-order valence-electron chi connectivity index (χ4n) is 5.75. The van der Waals surface area contributed by atoms with E-state index in [-0.39, 0.29) is 60.5 Å². The van der Waals surface area contributed by atoms with Crippen LogP contribution < -0.4 is 16.0 Å². The summed E-state index contributed by atoms with van der Waals surface area (Å²) < 4.78 is 5.52. The number of ether oxygens (including phenoxy) is 1. The third-order valence-corrected chi connectivity index (χ3v) is 7.99. The molecule has 3 aliphatic heterocycles. The van der Waals surface area contributed by atoms with E-state index in [1.165, 1.54) is 6.07 Å². The van der Waals surface area contributed by atoms with Gasteiger partial charge in [0.15, 0.2) is 0 Å². The molecule has 0 bridgehead atoms. The van der Waals surface area contributed by atoms with Crippen molar-refractivity contribution in [3.8, 4) is 0 Å². The van der Waals surface area contributed by atoms with Crippen molar-refractivity contribution in [1.82, 2.24) is 25.4 Å². The minimum absolute atomic E-state index is 0.0441. The molecule has 0 radical (unpaired) electrons. The summed E-state index contributed by atoms with van der Waals surface area (Å²) in [5, 5.41) is 8.08. The Morgan fingerprint density at radius 2 is 1.76 bits per heavy atom. The number of nitrogens with zero attached hydrogens (tertiary/aromatic N) is 3. The number of carbonyl (C=O) groups is 6. The first-order chi connectivity index (χ1) is 21.4. The summed E-state index contributed by atoms with van der Waals surface area (Å²) >= 11 is 0. The van der Waals surface area contributed by atoms with Crippen LogP contribution in [0.1, 0.15) is 83.2 Å². The van der Waals surface area contributed by atoms with Crippen LogP contribution in [0.5, 0.6) is 0 Å². The van der Waals surface area contributed by atoms with Crippen molar-refractivity contribution in [2.75, 3.05) is 31.5 Å². The lowest BCUT2D eigenvalue weighted by Gasteiger charge is -2.32. The molecule has 4 heterocycles. The van der Waals surface area contributed by atoms with Crippen LogP contribution in [0.4, 0.5) is 5.69 Å². The SMILES string of the molecule is CC(C)(C)OC(=O)C1CCN(Cc2ccc(C(=O)NCCNc3cccc4c3C(=O)N(C3CCC(=O)NC3=O)C4=O)nc2)CC1. The molecule has 3 N–H and O–H groups in total. The maximum Gasteiger partial charge on any atom is 0.309 e. The van der Waals surface area contributed by atoms with E-state index in [0.29, 0.717) is 12.2 Å². The molecule has 1 aromatic heterocycles. The van der Waals surface area contributed by atoms with E-state index in [9.17, 15) is 28.8 Å². The van der Waals surface area contributed by atoms with Crippen LogP contribution in [-0.4, -0.2) is 88.1 Å². The topological polar surface area (TPSA) is 167 Å². The first kappa shape index (κ1) is 31.8. The molecule has 13 nitrogen and oxygen atoms in total. The quantitative estimate of drug-likeness (QED) is 0.215. The van der Waals surface area contributed by atoms with E-state index < -0.39 is 35.3 Å². The van der Waals surface area contributed by atoms with Crippen LogP contribution in [0.3, 0.4) is 0 Å². The van der Waals surface area contributed by atoms with Gasteiger partial charge in [0.2, 0.25) is 11.8 Å². The highest BCUT2D eigenvalue weighted by Gasteiger charge is 2.45. The van der Waals surface area contributed by atoms with Gasteiger partial charge >= 0.3 is 5.97 Å². The number of benzene rings is 1. The van der Waals surface area contributed by atoms with Gasteiger partial charge in [0.1, 0.15) is 17.3 Å². The minimum Gasteiger partial charge on any atom is -0.460 e. The number of aromatic nitrogens is 1. The Bertz CT molecular complexity index is 1510. The second-order valence-electron chi connectivity index (χ2n) is 12.5. The Morgan fingerprint density at radius 1 is 1.00 bits per heavy atom. The van der Waals surface area contributed by atoms with Crippen molar-refractivity contribution in [1.29, 1.82) is 0 Å². The number of pyridine rings is 1. The fraction of sp³-hybridized carbons (Fsp3) is 0.469. The van der Waals surface area contributed by atoms with Crippen LogP contribution in [0.15, 0.2) is 36.5 Å². The van der Waals surface area contributed by atoms with E-state index in [1.807, 2.05) is 26.8 Å². The highest BCUT2D eigenvalue weighted by atomic mass is 16.6. The number of fused-ring (bicyclic) bond motifs is 1. The lowest BCUT2D eigenvalue weighted by atomic mass is 9.96. The number of hydrogen-bond acceptors (Lipinski definition) is 10. The smallest absolute Gasteiger partial charge is 0.309 e. The number of piperidine rings is 2. The van der Waals surface area contributed by atoms with Crippen LogP contribution in [-0.2, 0) is 25.7 Å². The number of anilines is 1. The predicted octanol–water partition coefficient (Wildman–Crippen LogP) is 1.88. The molecule has 45 heavy (non-hydrogen) atoms. The van der Waals surface area contributed by atoms with E-state index in [2.05, 4.69) is 25.8 Å². The first-order valence-corrected chi connectivity index (χ1v) is 15.2. The van der Waals surface area contributed by atoms with E-state index in [1.54, 1.807) is 24.4 Å². The summed E-state index contributed by atoms with van der Waals surface area (Å²) in [4.78, 5) is 82.6. The molecule has 1 atom stereocenters. The summed E-state index contributed by atoms with van der Waals surface area (Å²) in [5.74, 6) is -2.86. The zero-order valence-electron chi connectivity index (χ0n) is 25.7. The van der Waals surface area contributed by atoms with Crippen molar-refractivity contribution in [3.05, 3.63) is 58.9 Å². The Kier molecular flexibility index (Phi) is 9.28. The zero-order valence-corrected chi connectivity index (χ0v) is 25.7. The van der Waals surface area contributed by atoms with Gasteiger partial charge in [0, 0.05) is 37.9 Å². The maximum absolute atomic E-state index is 13.2. The molecule has 1 aromatic carbocycles. The largest absolute Gasteiger partial charge is 0.460 e. The van der Waals surface area contributed by atoms with Gasteiger partial charge in [-0.1, -0.05) is 12.1 Å². The van der Waals surface area contributed by atoms with E-state index >= 15 is 0 Å². The van der Waals surface area contributed by atoms with Gasteiger partial charge in [-0.3, -0.25) is 48.9 Å². The number of carbonyl (C=O) groups excluding carboxylic acids is 6. The van der Waals surface area contributed by atoms with Gasteiger partial charge in [0.05, 0.1) is 17.0 Å². The lowest BCUT2D eigenvalue weighted by Crippen LogP contribution is -2.54. The predicted molar refractivity (Wildman–Crippen MR) is 162 cm³/mol. The first-order valence-electron chi connectivity index (χ1n) is 15.2. The minimum atomic E-state index is -1.04. The number of rotatable bonds is 9. The number of hydrogen-bond donors (Lipinski definition) is 3. The molecule has 0 saturated carbocycles.